The predicted octanol–water partition coefficient (Wildman–Crippen LogP) is 8.61. The van der Waals surface area contributed by atoms with Crippen molar-refractivity contribution in [1.82, 2.24) is 0 Å². The predicted molar refractivity (Wildman–Crippen MR) is 262 cm³/mol. The van der Waals surface area contributed by atoms with Crippen LogP contribution in [-0.2, 0) is 0 Å². The van der Waals surface area contributed by atoms with Gasteiger partial charge in [0.15, 0.2) is 16.1 Å². The third-order valence-corrected chi connectivity index (χ3v) is 41.8. The van der Waals surface area contributed by atoms with E-state index in [1.165, 1.54) is 37.8 Å². The van der Waals surface area contributed by atoms with Crippen LogP contribution in [0.15, 0.2) is 48.5 Å². The van der Waals surface area contributed by atoms with Crippen LogP contribution in [-0.4, -0.2) is 48.4 Å². The lowest BCUT2D eigenvalue weighted by Crippen LogP contribution is -2.67. The number of unbranched alkanes of at least 4 members (excludes halogenated alkanes) is 2. The fourth-order valence-electron chi connectivity index (χ4n) is 8.65. The number of benzene rings is 1. The number of thiophene rings is 4. The van der Waals surface area contributed by atoms with Crippen molar-refractivity contribution >= 4 is 143 Å². The van der Waals surface area contributed by atoms with Gasteiger partial charge in [0.05, 0.1) is 32.3 Å². The Balaban J connectivity index is 1.47. The second kappa shape index (κ2) is 13.5. The maximum Gasteiger partial charge on any atom is 0.152 e. The molecule has 0 nitrogen and oxygen atoms in total. The third-order valence-electron chi connectivity index (χ3n) is 11.8. The van der Waals surface area contributed by atoms with Crippen LogP contribution >= 0.6 is 45.3 Å². The molecule has 10 heteroatoms. The molecule has 0 N–H and O–H groups in total. The Morgan fingerprint density at radius 1 is 0.404 bits per heavy atom. The highest BCUT2D eigenvalue weighted by Crippen LogP contribution is 2.40. The van der Waals surface area contributed by atoms with E-state index in [-0.39, 0.29) is 0 Å². The van der Waals surface area contributed by atoms with Crippen LogP contribution in [0.25, 0.3) is 19.5 Å². The van der Waals surface area contributed by atoms with Crippen molar-refractivity contribution in [3.8, 4) is 19.5 Å². The molecule has 2 aliphatic heterocycles. The van der Waals surface area contributed by atoms with Crippen molar-refractivity contribution in [2.75, 3.05) is 0 Å². The Hall–Kier alpha value is -0.679. The van der Waals surface area contributed by atoms with E-state index in [1.54, 1.807) is 68.6 Å². The highest BCUT2D eigenvalue weighted by atomic mass is 32.1. The van der Waals surface area contributed by atoms with Gasteiger partial charge in [0.25, 0.3) is 0 Å². The molecule has 4 aromatic heterocycles. The molecule has 1 aromatic carbocycles. The van der Waals surface area contributed by atoms with Gasteiger partial charge in [-0.05, 0) is 61.2 Å². The summed E-state index contributed by atoms with van der Waals surface area (Å²) >= 11 is 8.76. The summed E-state index contributed by atoms with van der Waals surface area (Å²) in [5.41, 5.74) is 0. The molecule has 0 bridgehead atoms. The summed E-state index contributed by atoms with van der Waals surface area (Å²) in [4.78, 5) is 6.67. The molecule has 0 radical (unpaired) electrons. The van der Waals surface area contributed by atoms with Gasteiger partial charge in [0, 0.05) is 19.5 Å². The molecular weight excluding hydrogens is 801 g/mol. The monoisotopic (exact) mass is 862 g/mol. The van der Waals surface area contributed by atoms with Crippen LogP contribution in [0.2, 0.25) is 90.7 Å². The summed E-state index contributed by atoms with van der Waals surface area (Å²) in [5.74, 6) is 0. The summed E-state index contributed by atoms with van der Waals surface area (Å²) in [7, 11) is -10.2. The van der Waals surface area contributed by atoms with Crippen molar-refractivity contribution in [2.45, 2.75) is 130 Å². The molecule has 0 spiro atoms. The zero-order chi connectivity index (χ0) is 37.8. The van der Waals surface area contributed by atoms with Gasteiger partial charge in [-0.1, -0.05) is 167 Å². The molecular formula is C42H62S4Si6. The Kier molecular flexibility index (Phi) is 10.2. The Morgan fingerprint density at radius 3 is 0.827 bits per heavy atom. The van der Waals surface area contributed by atoms with Crippen LogP contribution in [0.4, 0.5) is 0 Å². The van der Waals surface area contributed by atoms with Gasteiger partial charge in [-0.2, -0.15) is 0 Å². The average Bonchev–Trinajstić information content (AvgIpc) is 3.86. The molecule has 0 saturated carbocycles. The molecule has 7 rings (SSSR count). The second-order valence-corrected chi connectivity index (χ2v) is 53.8. The van der Waals surface area contributed by atoms with Crippen LogP contribution in [0.1, 0.15) is 39.5 Å². The zero-order valence-corrected chi connectivity index (χ0v) is 43.8. The highest BCUT2D eigenvalue weighted by Gasteiger charge is 2.53. The van der Waals surface area contributed by atoms with Gasteiger partial charge in [-0.3, -0.25) is 0 Å². The normalized spacial score (nSPS) is 16.3. The minimum atomic E-state index is -2.19. The minimum Gasteiger partial charge on any atom is -0.144 e. The topological polar surface area (TPSA) is 0 Å². The molecule has 278 valence electrons. The Morgan fingerprint density at radius 2 is 0.635 bits per heavy atom. The van der Waals surface area contributed by atoms with Crippen LogP contribution in [0.5, 0.6) is 0 Å². The minimum absolute atomic E-state index is 1.27. The zero-order valence-electron chi connectivity index (χ0n) is 34.5. The largest absolute Gasteiger partial charge is 0.152 e. The summed E-state index contributed by atoms with van der Waals surface area (Å²) in [6, 6.07) is 24.6. The van der Waals surface area contributed by atoms with E-state index >= 15 is 0 Å². The quantitative estimate of drug-likeness (QED) is 0.110. The molecule has 0 fully saturated rings. The van der Waals surface area contributed by atoms with Gasteiger partial charge in [0.2, 0.25) is 0 Å². The molecule has 0 atom stereocenters. The molecule has 0 unspecified atom stereocenters. The SMILES string of the molecule is CCCC[Si]1(c2ccc([Si]3(CCCC)c4cc([Si](C)(C)C)sc4-c4sc([Si](C)(C)C)cc43)cc2)c2cc([Si](C)(C)C)sc2-c2sc([Si](C)(C)C)cc21. The van der Waals surface area contributed by atoms with Crippen molar-refractivity contribution in [2.24, 2.45) is 0 Å². The van der Waals surface area contributed by atoms with Crippen LogP contribution in [0, 0.1) is 0 Å². The van der Waals surface area contributed by atoms with Crippen LogP contribution < -0.4 is 49.1 Å². The molecule has 0 aliphatic carbocycles. The van der Waals surface area contributed by atoms with E-state index in [9.17, 15) is 0 Å². The smallest absolute Gasteiger partial charge is 0.144 e. The van der Waals surface area contributed by atoms with E-state index < -0.39 is 48.4 Å². The number of hydrogen-bond acceptors (Lipinski definition) is 4. The van der Waals surface area contributed by atoms with Gasteiger partial charge >= 0.3 is 0 Å². The van der Waals surface area contributed by atoms with Gasteiger partial charge in [-0.25, -0.2) is 0 Å². The van der Waals surface area contributed by atoms with E-state index in [4.69, 9.17) is 0 Å². The van der Waals surface area contributed by atoms with Crippen molar-refractivity contribution in [3.05, 3.63) is 48.5 Å². The molecule has 0 saturated heterocycles. The molecule has 2 aliphatic rings. The van der Waals surface area contributed by atoms with Crippen molar-refractivity contribution in [3.63, 3.8) is 0 Å². The number of hydrogen-bond donors (Lipinski definition) is 0. The summed E-state index contributed by atoms with van der Waals surface area (Å²) in [6.07, 6.45) is 5.16. The highest BCUT2D eigenvalue weighted by molar-refractivity contribution is 7.40. The standard InChI is InChI=1S/C42H62S4Si6/c1-15-17-23-51(31-25-35(47(3,4)5)43-39(31)40-32(51)26-36(44-40)48(6,7)8)29-19-21-30(22-20-29)52(24-18-16-2)33-27-37(49(9,10)11)45-41(33)42-34(52)28-38(46-42)50(12,13)14/h19-22,25-28H,15-18,23-24H2,1-14H3. The number of rotatable bonds is 12. The average molecular weight is 864 g/mol. The maximum atomic E-state index is 2.77. The third kappa shape index (κ3) is 6.29. The fraction of sp³-hybridized carbons (Fsp3) is 0.476. The van der Waals surface area contributed by atoms with Crippen molar-refractivity contribution in [1.29, 1.82) is 0 Å². The second-order valence-electron chi connectivity index (χ2n) is 20.0. The molecule has 6 heterocycles. The van der Waals surface area contributed by atoms with Gasteiger partial charge in [0.1, 0.15) is 0 Å². The van der Waals surface area contributed by atoms with Gasteiger partial charge < -0.3 is 0 Å². The van der Waals surface area contributed by atoms with E-state index in [0.717, 1.165) is 0 Å². The first kappa shape index (κ1) is 39.6. The lowest BCUT2D eigenvalue weighted by molar-refractivity contribution is 0.874. The van der Waals surface area contributed by atoms with Crippen LogP contribution in [0.3, 0.4) is 0 Å². The summed E-state index contributed by atoms with van der Waals surface area (Å²) < 4.78 is 6.83. The maximum absolute atomic E-state index is 2.77. The molecule has 5 aromatic rings. The number of fused-ring (bicyclic) bond motifs is 6. The fourth-order valence-corrected chi connectivity index (χ4v) is 35.0. The molecule has 52 heavy (non-hydrogen) atoms. The van der Waals surface area contributed by atoms with E-state index in [2.05, 4.69) is 186 Å². The Bertz CT molecular complexity index is 1850. The summed E-state index contributed by atoms with van der Waals surface area (Å²) in [6.45, 7) is 35.5. The molecule has 0 amide bonds. The first-order valence-corrected chi connectivity index (χ1v) is 41.6. The first-order chi connectivity index (χ1) is 24.2. The van der Waals surface area contributed by atoms with E-state index in [0.29, 0.717) is 0 Å². The van der Waals surface area contributed by atoms with Crippen molar-refractivity contribution < 1.29 is 0 Å². The van der Waals surface area contributed by atoms with E-state index in [1.807, 2.05) is 0 Å². The lowest BCUT2D eigenvalue weighted by Gasteiger charge is -2.33. The summed E-state index contributed by atoms with van der Waals surface area (Å²) in [5, 5.41) is 10.5. The Labute approximate surface area is 338 Å². The first-order valence-electron chi connectivity index (χ1n) is 19.9. The lowest BCUT2D eigenvalue weighted by atomic mass is 10.4. The van der Waals surface area contributed by atoms with Gasteiger partial charge in [-0.15, -0.1) is 45.3 Å².